The maximum absolute atomic E-state index is 2.47. The van der Waals surface area contributed by atoms with Crippen LogP contribution in [-0.4, -0.2) is 0 Å². The molecule has 11 aromatic carbocycles. The third-order valence-corrected chi connectivity index (χ3v) is 13.4. The normalized spacial score (nSPS) is 12.5. The lowest BCUT2D eigenvalue weighted by Gasteiger charge is -2.34. The van der Waals surface area contributed by atoms with Crippen LogP contribution in [0.4, 0.5) is 17.1 Å². The molecule has 0 radical (unpaired) electrons. The molecule has 12 rings (SSSR count). The van der Waals surface area contributed by atoms with Crippen LogP contribution in [0.15, 0.2) is 261 Å². The van der Waals surface area contributed by atoms with Crippen molar-refractivity contribution in [3.63, 3.8) is 0 Å². The summed E-state index contributed by atoms with van der Waals surface area (Å²) in [6.45, 7) is 0. The average molecular weight is 814 g/mol. The molecular weight excluding hydrogens is 771 g/mol. The summed E-state index contributed by atoms with van der Waals surface area (Å²) < 4.78 is 0. The molecule has 0 saturated carbocycles. The lowest BCUT2D eigenvalue weighted by molar-refractivity contribution is 0.768. The van der Waals surface area contributed by atoms with Gasteiger partial charge in [-0.1, -0.05) is 231 Å². The van der Waals surface area contributed by atoms with Gasteiger partial charge >= 0.3 is 0 Å². The van der Waals surface area contributed by atoms with Crippen LogP contribution in [0, 0.1) is 0 Å². The highest BCUT2D eigenvalue weighted by atomic mass is 15.1. The maximum Gasteiger partial charge on any atom is 0.0714 e. The zero-order valence-electron chi connectivity index (χ0n) is 35.3. The highest BCUT2D eigenvalue weighted by Crippen LogP contribution is 2.59. The van der Waals surface area contributed by atoms with Crippen molar-refractivity contribution in [1.82, 2.24) is 0 Å². The minimum absolute atomic E-state index is 0.509. The molecule has 1 aliphatic rings. The molecule has 0 N–H and O–H groups in total. The molecule has 0 aliphatic heterocycles. The summed E-state index contributed by atoms with van der Waals surface area (Å²) >= 11 is 0. The molecule has 300 valence electrons. The summed E-state index contributed by atoms with van der Waals surface area (Å²) in [5, 5.41) is 4.99. The van der Waals surface area contributed by atoms with Crippen LogP contribution in [0.2, 0.25) is 0 Å². The Kier molecular flexibility index (Phi) is 9.13. The lowest BCUT2D eigenvalue weighted by Crippen LogP contribution is -2.28. The van der Waals surface area contributed by atoms with E-state index in [9.17, 15) is 0 Å². The number of anilines is 3. The van der Waals surface area contributed by atoms with E-state index in [2.05, 4.69) is 266 Å². The quantitative estimate of drug-likeness (QED) is 0.148. The van der Waals surface area contributed by atoms with Gasteiger partial charge in [0, 0.05) is 16.9 Å². The van der Waals surface area contributed by atoms with E-state index in [-0.39, 0.29) is 0 Å². The van der Waals surface area contributed by atoms with Gasteiger partial charge in [-0.2, -0.15) is 0 Å². The molecule has 0 bridgehead atoms. The first-order chi connectivity index (χ1) is 31.8. The standard InChI is InChI=1S/C63H43N/c1-4-18-44(19-5-1)54-42-43-55(57-28-13-12-27-56(54)57)47-36-40-51(41-37-47)64(50-38-34-46(35-39-50)53-30-16-21-45-20-10-11-26-52(45)53)61-33-17-32-60-62(61)58-29-14-15-31-59(58)63(60,48-22-6-2-7-23-48)49-24-8-3-9-25-49/h1-43H. The minimum atomic E-state index is -0.509. The summed E-state index contributed by atoms with van der Waals surface area (Å²) in [6.07, 6.45) is 0. The van der Waals surface area contributed by atoms with E-state index in [0.29, 0.717) is 0 Å². The van der Waals surface area contributed by atoms with Gasteiger partial charge in [0.05, 0.1) is 11.1 Å². The van der Waals surface area contributed by atoms with Crippen LogP contribution >= 0.6 is 0 Å². The smallest absolute Gasteiger partial charge is 0.0714 e. The van der Waals surface area contributed by atoms with E-state index in [1.807, 2.05) is 0 Å². The summed E-state index contributed by atoms with van der Waals surface area (Å²) in [6, 6.07) is 95.8. The average Bonchev–Trinajstić information content (AvgIpc) is 3.69. The van der Waals surface area contributed by atoms with Gasteiger partial charge in [0.25, 0.3) is 0 Å². The molecule has 1 aliphatic carbocycles. The first-order valence-electron chi connectivity index (χ1n) is 22.2. The summed E-state index contributed by atoms with van der Waals surface area (Å²) in [4.78, 5) is 2.47. The topological polar surface area (TPSA) is 3.24 Å². The molecule has 0 heterocycles. The summed E-state index contributed by atoms with van der Waals surface area (Å²) in [7, 11) is 0. The fourth-order valence-electron chi connectivity index (χ4n) is 10.6. The van der Waals surface area contributed by atoms with Crippen LogP contribution < -0.4 is 4.90 Å². The Bertz CT molecular complexity index is 3420. The second-order valence-corrected chi connectivity index (χ2v) is 16.8. The molecule has 0 amide bonds. The zero-order valence-corrected chi connectivity index (χ0v) is 35.3. The van der Waals surface area contributed by atoms with E-state index in [1.165, 1.54) is 88.3 Å². The van der Waals surface area contributed by atoms with Gasteiger partial charge < -0.3 is 4.90 Å². The predicted octanol–water partition coefficient (Wildman–Crippen LogP) is 16.8. The van der Waals surface area contributed by atoms with Gasteiger partial charge in [0.2, 0.25) is 0 Å². The van der Waals surface area contributed by atoms with Gasteiger partial charge in [0.15, 0.2) is 0 Å². The Morgan fingerprint density at radius 2 is 0.688 bits per heavy atom. The third kappa shape index (κ3) is 6.01. The molecule has 0 saturated heterocycles. The second-order valence-electron chi connectivity index (χ2n) is 16.8. The Hall–Kier alpha value is -8.26. The van der Waals surface area contributed by atoms with Gasteiger partial charge in [-0.05, 0) is 113 Å². The van der Waals surface area contributed by atoms with Crippen molar-refractivity contribution in [2.75, 3.05) is 4.90 Å². The van der Waals surface area contributed by atoms with Gasteiger partial charge in [0.1, 0.15) is 0 Å². The molecular formula is C63H43N. The van der Waals surface area contributed by atoms with Crippen molar-refractivity contribution in [2.45, 2.75) is 5.41 Å². The monoisotopic (exact) mass is 813 g/mol. The van der Waals surface area contributed by atoms with E-state index in [0.717, 1.165) is 17.1 Å². The first-order valence-corrected chi connectivity index (χ1v) is 22.2. The van der Waals surface area contributed by atoms with E-state index < -0.39 is 5.41 Å². The highest BCUT2D eigenvalue weighted by Gasteiger charge is 2.47. The fourth-order valence-corrected chi connectivity index (χ4v) is 10.6. The first kappa shape index (κ1) is 37.5. The van der Waals surface area contributed by atoms with Crippen LogP contribution in [0.1, 0.15) is 22.3 Å². The van der Waals surface area contributed by atoms with Crippen molar-refractivity contribution in [1.29, 1.82) is 0 Å². The van der Waals surface area contributed by atoms with Crippen molar-refractivity contribution in [3.8, 4) is 44.5 Å². The molecule has 11 aromatic rings. The van der Waals surface area contributed by atoms with Crippen molar-refractivity contribution in [3.05, 3.63) is 283 Å². The van der Waals surface area contributed by atoms with Crippen molar-refractivity contribution in [2.24, 2.45) is 0 Å². The predicted molar refractivity (Wildman–Crippen MR) is 270 cm³/mol. The number of nitrogens with zero attached hydrogens (tertiary/aromatic N) is 1. The highest BCUT2D eigenvalue weighted by molar-refractivity contribution is 6.05. The number of benzene rings is 11. The van der Waals surface area contributed by atoms with Crippen LogP contribution in [-0.2, 0) is 5.41 Å². The Morgan fingerprint density at radius 1 is 0.266 bits per heavy atom. The third-order valence-electron chi connectivity index (χ3n) is 13.4. The van der Waals surface area contributed by atoms with E-state index in [4.69, 9.17) is 0 Å². The number of hydrogen-bond donors (Lipinski definition) is 0. The molecule has 0 spiro atoms. The molecule has 0 atom stereocenters. The van der Waals surface area contributed by atoms with Crippen LogP contribution in [0.3, 0.4) is 0 Å². The largest absolute Gasteiger partial charge is 0.310 e. The molecule has 64 heavy (non-hydrogen) atoms. The summed E-state index contributed by atoms with van der Waals surface area (Å²) in [5.41, 5.74) is 17.7. The Morgan fingerprint density at radius 3 is 1.30 bits per heavy atom. The number of hydrogen-bond acceptors (Lipinski definition) is 1. The number of rotatable bonds is 8. The lowest BCUT2D eigenvalue weighted by atomic mass is 9.68. The SMILES string of the molecule is c1ccc(-c2ccc(-c3ccc(N(c4ccc(-c5cccc6ccccc56)cc4)c4cccc5c4-c4ccccc4C5(c4ccccc4)c4ccccc4)cc3)c3ccccc23)cc1. The second kappa shape index (κ2) is 15.6. The van der Waals surface area contributed by atoms with Crippen molar-refractivity contribution < 1.29 is 0 Å². The molecule has 0 fully saturated rings. The van der Waals surface area contributed by atoms with Crippen LogP contribution in [0.25, 0.3) is 66.1 Å². The Labute approximate surface area is 374 Å². The van der Waals surface area contributed by atoms with Crippen LogP contribution in [0.5, 0.6) is 0 Å². The van der Waals surface area contributed by atoms with E-state index >= 15 is 0 Å². The number of fused-ring (bicyclic) bond motifs is 5. The zero-order chi connectivity index (χ0) is 42.5. The molecule has 0 aromatic heterocycles. The molecule has 1 heteroatoms. The van der Waals surface area contributed by atoms with Crippen molar-refractivity contribution >= 4 is 38.6 Å². The van der Waals surface area contributed by atoms with Gasteiger partial charge in [-0.25, -0.2) is 0 Å². The Balaban J connectivity index is 1.06. The summed E-state index contributed by atoms with van der Waals surface area (Å²) in [5.74, 6) is 0. The molecule has 0 unspecified atom stereocenters. The van der Waals surface area contributed by atoms with Gasteiger partial charge in [-0.3, -0.25) is 0 Å². The van der Waals surface area contributed by atoms with E-state index in [1.54, 1.807) is 0 Å². The molecule has 1 nitrogen and oxygen atoms in total. The fraction of sp³-hybridized carbons (Fsp3) is 0.0159. The van der Waals surface area contributed by atoms with Gasteiger partial charge in [-0.15, -0.1) is 0 Å². The minimum Gasteiger partial charge on any atom is -0.310 e. The maximum atomic E-state index is 2.47.